The molecule has 1 aromatic carbocycles. The van der Waals surface area contributed by atoms with Crippen LogP contribution in [0.15, 0.2) is 24.8 Å². The van der Waals surface area contributed by atoms with Crippen LogP contribution in [0.4, 0.5) is 8.78 Å². The van der Waals surface area contributed by atoms with Crippen molar-refractivity contribution in [3.05, 3.63) is 35.9 Å². The Kier molecular flexibility index (Phi) is 3.55. The molecule has 1 saturated heterocycles. The molecule has 0 aliphatic carbocycles. The third kappa shape index (κ3) is 2.92. The fourth-order valence-corrected chi connectivity index (χ4v) is 2.03. The summed E-state index contributed by atoms with van der Waals surface area (Å²) < 4.78 is 30.6. The van der Waals surface area contributed by atoms with Crippen molar-refractivity contribution < 1.29 is 18.3 Å². The maximum atomic E-state index is 12.7. The number of carbonyl (C=O) groups excluding carboxylic acids is 1. The molecular formula is C14H15F2NO2. The van der Waals surface area contributed by atoms with Crippen LogP contribution in [0.5, 0.6) is 5.75 Å². The summed E-state index contributed by atoms with van der Waals surface area (Å²) in [6, 6.07) is 5.34. The van der Waals surface area contributed by atoms with Gasteiger partial charge in [-0.2, -0.15) is 0 Å². The number of hydrogen-bond acceptors (Lipinski definition) is 2. The topological polar surface area (TPSA) is 29.5 Å². The number of benzene rings is 1. The molecule has 0 atom stereocenters. The van der Waals surface area contributed by atoms with Crippen LogP contribution in [-0.4, -0.2) is 36.9 Å². The van der Waals surface area contributed by atoms with Crippen molar-refractivity contribution in [1.29, 1.82) is 0 Å². The first-order chi connectivity index (χ1) is 8.95. The highest BCUT2D eigenvalue weighted by Gasteiger charge is 2.46. The van der Waals surface area contributed by atoms with Gasteiger partial charge in [-0.05, 0) is 17.7 Å². The Morgan fingerprint density at radius 1 is 1.53 bits per heavy atom. The highest BCUT2D eigenvalue weighted by Crippen LogP contribution is 2.28. The van der Waals surface area contributed by atoms with Crippen molar-refractivity contribution in [2.45, 2.75) is 12.3 Å². The highest BCUT2D eigenvalue weighted by atomic mass is 19.3. The zero-order chi connectivity index (χ0) is 14.0. The van der Waals surface area contributed by atoms with E-state index in [1.54, 1.807) is 18.2 Å². The van der Waals surface area contributed by atoms with E-state index in [2.05, 4.69) is 6.58 Å². The van der Waals surface area contributed by atoms with Crippen LogP contribution in [0.25, 0.3) is 6.08 Å². The second kappa shape index (κ2) is 4.99. The molecule has 3 nitrogen and oxygen atoms in total. The van der Waals surface area contributed by atoms with Gasteiger partial charge in [0.15, 0.2) is 0 Å². The van der Waals surface area contributed by atoms with E-state index in [-0.39, 0.29) is 12.3 Å². The van der Waals surface area contributed by atoms with E-state index in [9.17, 15) is 13.6 Å². The lowest BCUT2D eigenvalue weighted by molar-refractivity contribution is -0.165. The summed E-state index contributed by atoms with van der Waals surface area (Å²) in [6.07, 6.45) is 1.71. The van der Waals surface area contributed by atoms with Crippen LogP contribution in [0.3, 0.4) is 0 Å². The normalized spacial score (nSPS) is 16.7. The van der Waals surface area contributed by atoms with Gasteiger partial charge in [-0.25, -0.2) is 8.78 Å². The Hall–Kier alpha value is -1.91. The van der Waals surface area contributed by atoms with Gasteiger partial charge in [-0.15, -0.1) is 0 Å². The predicted octanol–water partition coefficient (Wildman–Crippen LogP) is 2.36. The number of alkyl halides is 2. The molecule has 0 spiro atoms. The summed E-state index contributed by atoms with van der Waals surface area (Å²) in [7, 11) is 1.51. The Labute approximate surface area is 110 Å². The second-order valence-corrected chi connectivity index (χ2v) is 4.56. The third-order valence-electron chi connectivity index (χ3n) is 3.08. The lowest BCUT2D eigenvalue weighted by Crippen LogP contribution is -2.58. The summed E-state index contributed by atoms with van der Waals surface area (Å²) in [5.41, 5.74) is 1.54. The molecule has 0 saturated carbocycles. The van der Waals surface area contributed by atoms with E-state index in [1.165, 1.54) is 7.11 Å². The number of carbonyl (C=O) groups is 1. The molecule has 0 unspecified atom stereocenters. The minimum atomic E-state index is -2.73. The summed E-state index contributed by atoms with van der Waals surface area (Å²) in [5, 5.41) is 0. The molecule has 1 fully saturated rings. The van der Waals surface area contributed by atoms with Crippen LogP contribution in [0.2, 0.25) is 0 Å². The quantitative estimate of drug-likeness (QED) is 0.838. The number of ether oxygens (including phenoxy) is 1. The standard InChI is InChI=1S/C14H15F2NO2/c1-3-10-4-5-12(19-2)11(6-10)7-13(18)17-8-14(15,16)9-17/h3-6H,1,7-9H2,2H3. The maximum absolute atomic E-state index is 12.7. The fraction of sp³-hybridized carbons (Fsp3) is 0.357. The molecule has 0 aromatic heterocycles. The summed E-state index contributed by atoms with van der Waals surface area (Å²) in [4.78, 5) is 13.0. The zero-order valence-corrected chi connectivity index (χ0v) is 10.7. The molecule has 1 amide bonds. The van der Waals surface area contributed by atoms with Gasteiger partial charge in [-0.1, -0.05) is 18.7 Å². The van der Waals surface area contributed by atoms with E-state index >= 15 is 0 Å². The molecule has 1 heterocycles. The van der Waals surface area contributed by atoms with E-state index in [1.807, 2.05) is 6.07 Å². The Bertz CT molecular complexity index is 506. The van der Waals surface area contributed by atoms with Crippen molar-refractivity contribution in [3.63, 3.8) is 0 Å². The summed E-state index contributed by atoms with van der Waals surface area (Å²) in [6.45, 7) is 2.67. The molecule has 1 aliphatic rings. The minimum absolute atomic E-state index is 0.0565. The van der Waals surface area contributed by atoms with E-state index < -0.39 is 19.0 Å². The van der Waals surface area contributed by atoms with E-state index in [0.29, 0.717) is 11.3 Å². The van der Waals surface area contributed by atoms with Crippen molar-refractivity contribution in [3.8, 4) is 5.75 Å². The number of hydrogen-bond donors (Lipinski definition) is 0. The number of nitrogens with zero attached hydrogens (tertiary/aromatic N) is 1. The largest absolute Gasteiger partial charge is 0.496 e. The molecule has 19 heavy (non-hydrogen) atoms. The number of halogens is 2. The van der Waals surface area contributed by atoms with Crippen molar-refractivity contribution in [2.24, 2.45) is 0 Å². The molecule has 0 radical (unpaired) electrons. The Morgan fingerprint density at radius 2 is 2.21 bits per heavy atom. The molecular weight excluding hydrogens is 252 g/mol. The number of methoxy groups -OCH3 is 1. The number of amides is 1. The molecule has 2 rings (SSSR count). The van der Waals surface area contributed by atoms with Gasteiger partial charge in [0.2, 0.25) is 5.91 Å². The smallest absolute Gasteiger partial charge is 0.282 e. The first-order valence-corrected chi connectivity index (χ1v) is 5.90. The molecule has 1 aromatic rings. The molecule has 1 aliphatic heterocycles. The van der Waals surface area contributed by atoms with Gasteiger partial charge in [0.05, 0.1) is 26.6 Å². The van der Waals surface area contributed by atoms with Crippen LogP contribution in [-0.2, 0) is 11.2 Å². The predicted molar refractivity (Wildman–Crippen MR) is 68.3 cm³/mol. The maximum Gasteiger partial charge on any atom is 0.282 e. The highest BCUT2D eigenvalue weighted by molar-refractivity contribution is 5.80. The minimum Gasteiger partial charge on any atom is -0.496 e. The van der Waals surface area contributed by atoms with E-state index in [4.69, 9.17) is 4.74 Å². The van der Waals surface area contributed by atoms with Gasteiger partial charge in [0, 0.05) is 5.56 Å². The van der Waals surface area contributed by atoms with Gasteiger partial charge < -0.3 is 9.64 Å². The van der Waals surface area contributed by atoms with Crippen LogP contribution < -0.4 is 4.74 Å². The lowest BCUT2D eigenvalue weighted by atomic mass is 10.0. The first-order valence-electron chi connectivity index (χ1n) is 5.90. The van der Waals surface area contributed by atoms with Crippen molar-refractivity contribution >= 4 is 12.0 Å². The van der Waals surface area contributed by atoms with Crippen LogP contribution in [0.1, 0.15) is 11.1 Å². The van der Waals surface area contributed by atoms with Gasteiger partial charge in [0.25, 0.3) is 5.92 Å². The van der Waals surface area contributed by atoms with Crippen LogP contribution >= 0.6 is 0 Å². The Morgan fingerprint density at radius 3 is 2.74 bits per heavy atom. The average Bonchev–Trinajstić information content (AvgIpc) is 2.35. The molecule has 102 valence electrons. The van der Waals surface area contributed by atoms with Gasteiger partial charge >= 0.3 is 0 Å². The van der Waals surface area contributed by atoms with Crippen molar-refractivity contribution in [1.82, 2.24) is 4.90 Å². The number of rotatable bonds is 4. The molecule has 0 bridgehead atoms. The SMILES string of the molecule is C=Cc1ccc(OC)c(CC(=O)N2CC(F)(F)C2)c1. The van der Waals surface area contributed by atoms with Crippen molar-refractivity contribution in [2.75, 3.05) is 20.2 Å². The first kappa shape index (κ1) is 13.5. The zero-order valence-electron chi connectivity index (χ0n) is 10.7. The fourth-order valence-electron chi connectivity index (χ4n) is 2.03. The third-order valence-corrected chi connectivity index (χ3v) is 3.08. The van der Waals surface area contributed by atoms with Gasteiger partial charge in [-0.3, -0.25) is 4.79 Å². The summed E-state index contributed by atoms with van der Waals surface area (Å²) >= 11 is 0. The van der Waals surface area contributed by atoms with Gasteiger partial charge in [0.1, 0.15) is 5.75 Å². The second-order valence-electron chi connectivity index (χ2n) is 4.56. The molecule has 0 N–H and O–H groups in total. The summed E-state index contributed by atoms with van der Waals surface area (Å²) in [5.74, 6) is -2.47. The van der Waals surface area contributed by atoms with Crippen LogP contribution in [0, 0.1) is 0 Å². The average molecular weight is 267 g/mol. The number of likely N-dealkylation sites (tertiary alicyclic amines) is 1. The Balaban J connectivity index is 2.10. The monoisotopic (exact) mass is 267 g/mol. The molecule has 5 heteroatoms. The van der Waals surface area contributed by atoms with E-state index in [0.717, 1.165) is 10.5 Å². The lowest BCUT2D eigenvalue weighted by Gasteiger charge is -2.38.